The lowest BCUT2D eigenvalue weighted by atomic mass is 9.75. The van der Waals surface area contributed by atoms with Crippen molar-refractivity contribution in [2.24, 2.45) is 16.1 Å². The number of azo groups is 1. The van der Waals surface area contributed by atoms with E-state index in [1.807, 2.05) is 130 Å². The summed E-state index contributed by atoms with van der Waals surface area (Å²) in [6.45, 7) is 25.8. The van der Waals surface area contributed by atoms with E-state index >= 15 is 0 Å². The van der Waals surface area contributed by atoms with Crippen molar-refractivity contribution >= 4 is 111 Å². The van der Waals surface area contributed by atoms with Gasteiger partial charge in [-0.05, 0) is 213 Å². The highest BCUT2D eigenvalue weighted by Crippen LogP contribution is 2.49. The highest BCUT2D eigenvalue weighted by molar-refractivity contribution is 7.86. The first-order valence-corrected chi connectivity index (χ1v) is 46.7. The van der Waals surface area contributed by atoms with Crippen LogP contribution >= 0.6 is 0 Å². The van der Waals surface area contributed by atoms with Crippen LogP contribution in [0.25, 0.3) is 27.8 Å². The second-order valence-electron chi connectivity index (χ2n) is 34.0. The first kappa shape index (κ1) is 90.9. The van der Waals surface area contributed by atoms with E-state index in [0.29, 0.717) is 107 Å². The number of benzene rings is 7. The maximum Gasteiger partial charge on any atom is 0.294 e. The maximum absolute atomic E-state index is 15.0. The number of anilines is 4. The number of unbranched alkanes of at least 4 members (excludes halogenated alkanes) is 3. The van der Waals surface area contributed by atoms with Gasteiger partial charge in [-0.15, -0.1) is 4.57 Å². The number of likely N-dealkylation sites (N-methyl/N-ethyl adjacent to an activating group) is 2. The second kappa shape index (κ2) is 40.8. The number of hydrogen-bond acceptors (Lipinski definition) is 17. The zero-order valence-electron chi connectivity index (χ0n) is 72.4. The lowest BCUT2D eigenvalue weighted by Crippen LogP contribution is -3.10. The fourth-order valence-electron chi connectivity index (χ4n) is 18.2. The van der Waals surface area contributed by atoms with E-state index in [1.165, 1.54) is 23.1 Å². The Morgan fingerprint density at radius 1 is 0.648 bits per heavy atom. The molecule has 3 aliphatic heterocycles. The Hall–Kier alpha value is -10.4. The largest absolute Gasteiger partial charge is 0.375 e. The molecule has 122 heavy (non-hydrogen) atoms. The number of piperazine rings is 1. The normalized spacial score (nSPS) is 17.6. The first-order chi connectivity index (χ1) is 58.5. The number of Topliss-reactive ketones (excluding diaryl/α,β-unsaturated/α-hetero) is 2. The molecule has 8 aromatic rings. The van der Waals surface area contributed by atoms with Crippen molar-refractivity contribution < 1.29 is 59.4 Å². The van der Waals surface area contributed by atoms with Crippen LogP contribution in [0, 0.1) is 5.92 Å². The second-order valence-corrected chi connectivity index (χ2v) is 36.9. The summed E-state index contributed by atoms with van der Waals surface area (Å²) in [6.07, 6.45) is 18.8. The van der Waals surface area contributed by atoms with Gasteiger partial charge in [-0.1, -0.05) is 89.3 Å². The molecule has 1 saturated carbocycles. The molecule has 3 atom stereocenters. The zero-order chi connectivity index (χ0) is 86.9. The van der Waals surface area contributed by atoms with Gasteiger partial charge < -0.3 is 40.4 Å². The molecule has 1 aliphatic carbocycles. The molecule has 0 spiro atoms. The lowest BCUT2D eigenvalue weighted by Gasteiger charge is -2.38. The molecule has 6 N–H and O–H groups in total. The molecule has 7 aromatic carbocycles. The molecule has 648 valence electrons. The summed E-state index contributed by atoms with van der Waals surface area (Å²) in [5.74, 6) is -1.50. The molecular formula is C96H123N13O11S2+2. The highest BCUT2D eigenvalue weighted by atomic mass is 32.2. The number of nitrogens with one attached hydrogen (secondary N) is 4. The van der Waals surface area contributed by atoms with Crippen LogP contribution in [0.4, 0.5) is 39.8 Å². The number of carbonyl (C=O) groups is 5. The summed E-state index contributed by atoms with van der Waals surface area (Å²) >= 11 is 0. The van der Waals surface area contributed by atoms with E-state index in [1.54, 1.807) is 18.2 Å². The molecule has 2 unspecified atom stereocenters. The zero-order valence-corrected chi connectivity index (χ0v) is 74.0. The average Bonchev–Trinajstić information content (AvgIpc) is 1.50. The summed E-state index contributed by atoms with van der Waals surface area (Å²) in [5, 5.41) is 18.7. The molecular weight excluding hydrogens is 1580 g/mol. The van der Waals surface area contributed by atoms with E-state index in [9.17, 15) is 49.9 Å². The minimum absolute atomic E-state index is 0.0449. The third-order valence-electron chi connectivity index (χ3n) is 25.3. The Kier molecular flexibility index (Phi) is 30.4. The number of allylic oxidation sites excluding steroid dienone is 5. The average molecular weight is 1700 g/mol. The molecule has 24 nitrogen and oxygen atoms in total. The summed E-state index contributed by atoms with van der Waals surface area (Å²) in [6, 6.07) is 47.6. The van der Waals surface area contributed by atoms with Gasteiger partial charge in [-0.3, -0.25) is 38.0 Å². The third-order valence-corrected chi connectivity index (χ3v) is 27.0. The quantitative estimate of drug-likeness (QED) is 0.00519. The summed E-state index contributed by atoms with van der Waals surface area (Å²) < 4.78 is 71.3. The number of ketones is 2. The van der Waals surface area contributed by atoms with Crippen LogP contribution in [0.3, 0.4) is 0 Å². The number of fused-ring (bicyclic) bond motifs is 4. The van der Waals surface area contributed by atoms with E-state index in [-0.39, 0.29) is 64.5 Å². The standard InChI is InChI=1S/C96H121N13O11S2/c1-10-104-60-62-106(63-61-104)74-43-38-69(39-44-74)93(114)100-96(54-24-17-25-55-96)90(111)64-70(30-23-26-56-97-91(112)37-29-58-103(9)73-45-40-71(41-46-73)101-102-72-42-50-82-86(65-72)109(75-31-18-14-19-32-75)87-66-76(105(11-2)12-3)47-51-83(87)99-82)92(113)98-57-28-34-77(110)33-20-16-27-59-108-85-53-49-79(122(118,119)120)68-81(85)95(7,8)89(108)36-22-15-21-35-88-94(5,6)80-67-78(121(115,116)117)48-52-84(80)107(88)13-4/h14-15,18-19,21-22,31-32,35-36,38-53,65-68,70,88H,10-13,16-17,20,23-30,33-34,37,54-64H2,1-9H3,(H4-,97,98,100,112,113,114,115,116,117,118,119,120)/p+2/b22-15+,35-21+,89-36-/t70-,88?/m1/s1. The predicted octanol–water partition coefficient (Wildman–Crippen LogP) is 15.5. The summed E-state index contributed by atoms with van der Waals surface area (Å²) in [7, 11) is -6.89. The smallest absolute Gasteiger partial charge is 0.294 e. The van der Waals surface area contributed by atoms with E-state index in [2.05, 4.69) is 133 Å². The number of rotatable bonds is 40. The SMILES string of the molecule is CCN1CCN(c2ccc(C(=O)NC3(C(=O)C[C@@H](CCCCNC(=O)CCCN(C)c4ccc(N=Nc5ccc6nc7ccc(N(CC)CC)cc7[n+](-c7ccccc7)c6c5)cc4)C(=O)NCCCC(=O)CCCCCN4\C(=C/C=C/C=C/C5[NH+](CC)c6ccc(S(=O)(=O)O)cc6C5(C)C)C(C)(C)c5cc(S(=O)(=O)O)ccc54)CCCCC3)cc2)CC1. The van der Waals surface area contributed by atoms with Crippen molar-refractivity contribution in [3.05, 3.63) is 204 Å². The number of hydrogen-bond donors (Lipinski definition) is 6. The van der Waals surface area contributed by atoms with Crippen molar-refractivity contribution in [3.63, 3.8) is 0 Å². The predicted molar refractivity (Wildman–Crippen MR) is 484 cm³/mol. The van der Waals surface area contributed by atoms with Crippen LogP contribution in [0.1, 0.15) is 186 Å². The van der Waals surface area contributed by atoms with Gasteiger partial charge in [0, 0.05) is 179 Å². The van der Waals surface area contributed by atoms with Crippen molar-refractivity contribution in [2.45, 2.75) is 197 Å². The molecule has 3 amide bonds. The van der Waals surface area contributed by atoms with Crippen LogP contribution in [-0.4, -0.2) is 162 Å². The van der Waals surface area contributed by atoms with Gasteiger partial charge in [-0.25, -0.2) is 4.98 Å². The Labute approximate surface area is 720 Å². The molecule has 26 heteroatoms. The minimum Gasteiger partial charge on any atom is -0.375 e. The van der Waals surface area contributed by atoms with Crippen LogP contribution in [0.2, 0.25) is 0 Å². The van der Waals surface area contributed by atoms with E-state index in [0.717, 1.165) is 151 Å². The van der Waals surface area contributed by atoms with Gasteiger partial charge in [0.2, 0.25) is 28.5 Å². The Balaban J connectivity index is 0.627. The molecule has 12 rings (SSSR count). The summed E-state index contributed by atoms with van der Waals surface area (Å²) in [5.41, 5.74) is 11.7. The number of nitrogens with zero attached hydrogens (tertiary/aromatic N) is 9. The van der Waals surface area contributed by atoms with Crippen molar-refractivity contribution in [1.82, 2.24) is 25.8 Å². The van der Waals surface area contributed by atoms with Gasteiger partial charge >= 0.3 is 0 Å². The topological polar surface area (TPSA) is 292 Å². The maximum atomic E-state index is 15.0. The number of carbonyl (C=O) groups excluding carboxylic acids is 5. The highest BCUT2D eigenvalue weighted by Gasteiger charge is 2.48. The molecule has 4 heterocycles. The van der Waals surface area contributed by atoms with Crippen molar-refractivity contribution in [3.8, 4) is 5.69 Å². The molecule has 1 saturated heterocycles. The summed E-state index contributed by atoms with van der Waals surface area (Å²) in [4.78, 5) is 87.7. The fourth-order valence-corrected chi connectivity index (χ4v) is 19.2. The Morgan fingerprint density at radius 2 is 1.30 bits per heavy atom. The molecule has 1 aromatic heterocycles. The van der Waals surface area contributed by atoms with Crippen molar-refractivity contribution in [2.75, 3.05) is 105 Å². The molecule has 4 aliphatic rings. The van der Waals surface area contributed by atoms with Crippen LogP contribution in [0.5, 0.6) is 0 Å². The van der Waals surface area contributed by atoms with E-state index in [4.69, 9.17) is 4.98 Å². The van der Waals surface area contributed by atoms with Crippen LogP contribution < -0.4 is 45.0 Å². The van der Waals surface area contributed by atoms with Gasteiger partial charge in [0.25, 0.3) is 26.1 Å². The Bertz CT molecular complexity index is 5410. The fraction of sp³-hybridized carbons (Fsp3) is 0.448. The molecule has 2 fully saturated rings. The number of aromatic nitrogens is 2. The van der Waals surface area contributed by atoms with Gasteiger partial charge in [0.05, 0.1) is 38.7 Å². The molecule has 0 radical (unpaired) electrons. The Morgan fingerprint density at radius 3 is 1.98 bits per heavy atom. The first-order valence-electron chi connectivity index (χ1n) is 43.8. The van der Waals surface area contributed by atoms with Gasteiger partial charge in [-0.2, -0.15) is 27.1 Å². The number of amides is 3. The van der Waals surface area contributed by atoms with E-state index < -0.39 is 42.5 Å². The monoisotopic (exact) mass is 1700 g/mol. The third kappa shape index (κ3) is 22.0. The number of para-hydroxylation sites is 1. The van der Waals surface area contributed by atoms with Gasteiger partial charge in [0.15, 0.2) is 5.78 Å². The van der Waals surface area contributed by atoms with Crippen LogP contribution in [-0.2, 0) is 50.2 Å². The van der Waals surface area contributed by atoms with Crippen LogP contribution in [0.15, 0.2) is 208 Å². The molecule has 0 bridgehead atoms. The lowest BCUT2D eigenvalue weighted by molar-refractivity contribution is -0.848. The van der Waals surface area contributed by atoms with Gasteiger partial charge in [0.1, 0.15) is 28.5 Å². The number of quaternary nitrogens is 1. The van der Waals surface area contributed by atoms with Crippen molar-refractivity contribution in [1.29, 1.82) is 0 Å². The minimum atomic E-state index is -4.49.